The van der Waals surface area contributed by atoms with Crippen molar-refractivity contribution in [2.75, 3.05) is 13.2 Å². The monoisotopic (exact) mass is 222 g/mol. The van der Waals surface area contributed by atoms with E-state index >= 15 is 0 Å². The fourth-order valence-electron chi connectivity index (χ4n) is 1.75. The average Bonchev–Trinajstić information content (AvgIpc) is 2.30. The highest BCUT2D eigenvalue weighted by atomic mass is 35.5. The molecule has 1 aromatic rings. The molecule has 78 valence electrons. The molecule has 0 atom stereocenters. The van der Waals surface area contributed by atoms with Gasteiger partial charge in [0.2, 0.25) is 0 Å². The number of halogens is 1. The molecule has 0 unspecified atom stereocenters. The maximum atomic E-state index is 8.73. The number of hydrogen-bond acceptors (Lipinski definition) is 3. The second-order valence-corrected chi connectivity index (χ2v) is 3.93. The second-order valence-electron chi connectivity index (χ2n) is 3.57. The summed E-state index contributed by atoms with van der Waals surface area (Å²) in [5.41, 5.74) is 1.41. The summed E-state index contributed by atoms with van der Waals surface area (Å²) in [6, 6.07) is 5.63. The second kappa shape index (κ2) is 4.61. The quantitative estimate of drug-likeness (QED) is 0.686. The third-order valence-electron chi connectivity index (χ3n) is 2.63. The van der Waals surface area contributed by atoms with Gasteiger partial charge in [-0.2, -0.15) is 5.26 Å². The third-order valence-corrected chi connectivity index (χ3v) is 2.92. The lowest BCUT2D eigenvalue weighted by molar-refractivity contribution is 0.0845. The van der Waals surface area contributed by atoms with Gasteiger partial charge in [-0.1, -0.05) is 11.6 Å². The van der Waals surface area contributed by atoms with Crippen LogP contribution in [0.4, 0.5) is 0 Å². The highest BCUT2D eigenvalue weighted by molar-refractivity contribution is 6.30. The third kappa shape index (κ3) is 2.28. The molecule has 2 rings (SSSR count). The van der Waals surface area contributed by atoms with Crippen LogP contribution in [0.1, 0.15) is 30.0 Å². The molecule has 0 aromatic carbocycles. The molecule has 0 saturated carbocycles. The lowest BCUT2D eigenvalue weighted by Gasteiger charge is -2.21. The van der Waals surface area contributed by atoms with E-state index < -0.39 is 0 Å². The SMILES string of the molecule is N#Cc1ccc(C2CCOCC2)nc1Cl. The van der Waals surface area contributed by atoms with Crippen LogP contribution in [0, 0.1) is 11.3 Å². The van der Waals surface area contributed by atoms with Crippen molar-refractivity contribution in [1.29, 1.82) is 5.26 Å². The van der Waals surface area contributed by atoms with Crippen molar-refractivity contribution in [1.82, 2.24) is 4.98 Å². The van der Waals surface area contributed by atoms with Crippen molar-refractivity contribution in [2.45, 2.75) is 18.8 Å². The van der Waals surface area contributed by atoms with Gasteiger partial charge >= 0.3 is 0 Å². The highest BCUT2D eigenvalue weighted by Crippen LogP contribution is 2.27. The standard InChI is InChI=1S/C11H11ClN2O/c12-11-9(7-13)1-2-10(14-11)8-3-5-15-6-4-8/h1-2,8H,3-6H2. The Labute approximate surface area is 93.6 Å². The Bertz CT molecular complexity index is 394. The number of hydrogen-bond donors (Lipinski definition) is 0. The normalized spacial score (nSPS) is 17.3. The summed E-state index contributed by atoms with van der Waals surface area (Å²) in [5, 5.41) is 9.03. The van der Waals surface area contributed by atoms with Gasteiger partial charge in [0, 0.05) is 24.8 Å². The summed E-state index contributed by atoms with van der Waals surface area (Å²) < 4.78 is 5.28. The van der Waals surface area contributed by atoms with Gasteiger partial charge in [0.15, 0.2) is 0 Å². The van der Waals surface area contributed by atoms with Crippen LogP contribution < -0.4 is 0 Å². The summed E-state index contributed by atoms with van der Waals surface area (Å²) in [5.74, 6) is 0.420. The number of aromatic nitrogens is 1. The van der Waals surface area contributed by atoms with Crippen molar-refractivity contribution >= 4 is 11.6 Å². The van der Waals surface area contributed by atoms with Crippen molar-refractivity contribution in [3.8, 4) is 6.07 Å². The van der Waals surface area contributed by atoms with E-state index in [2.05, 4.69) is 4.98 Å². The van der Waals surface area contributed by atoms with Crippen LogP contribution in [0.2, 0.25) is 5.15 Å². The predicted molar refractivity (Wildman–Crippen MR) is 56.8 cm³/mol. The van der Waals surface area contributed by atoms with E-state index in [9.17, 15) is 0 Å². The molecule has 3 nitrogen and oxygen atoms in total. The topological polar surface area (TPSA) is 45.9 Å². The fraction of sp³-hybridized carbons (Fsp3) is 0.455. The highest BCUT2D eigenvalue weighted by Gasteiger charge is 2.17. The Hall–Kier alpha value is -1.11. The number of nitrogens with zero attached hydrogens (tertiary/aromatic N) is 2. The molecule has 2 heterocycles. The molecular formula is C11H11ClN2O. The van der Waals surface area contributed by atoms with Gasteiger partial charge in [-0.05, 0) is 25.0 Å². The molecule has 15 heavy (non-hydrogen) atoms. The zero-order valence-electron chi connectivity index (χ0n) is 8.24. The van der Waals surface area contributed by atoms with E-state index in [1.807, 2.05) is 12.1 Å². The maximum absolute atomic E-state index is 8.73. The zero-order valence-corrected chi connectivity index (χ0v) is 9.00. The molecular weight excluding hydrogens is 212 g/mol. The van der Waals surface area contributed by atoms with Crippen molar-refractivity contribution in [2.24, 2.45) is 0 Å². The number of pyridine rings is 1. The Kier molecular flexibility index (Phi) is 3.20. The Balaban J connectivity index is 2.22. The van der Waals surface area contributed by atoms with Gasteiger partial charge in [-0.3, -0.25) is 0 Å². The van der Waals surface area contributed by atoms with Crippen LogP contribution in [-0.4, -0.2) is 18.2 Å². The maximum Gasteiger partial charge on any atom is 0.147 e. The van der Waals surface area contributed by atoms with Crippen molar-refractivity contribution in [3.05, 3.63) is 28.5 Å². The minimum atomic E-state index is 0.307. The van der Waals surface area contributed by atoms with Gasteiger partial charge in [-0.15, -0.1) is 0 Å². The summed E-state index contributed by atoms with van der Waals surface area (Å²) in [7, 11) is 0. The molecule has 0 amide bonds. The van der Waals surface area contributed by atoms with E-state index in [0.717, 1.165) is 31.7 Å². The Morgan fingerprint density at radius 3 is 2.73 bits per heavy atom. The first kappa shape index (κ1) is 10.4. The summed E-state index contributed by atoms with van der Waals surface area (Å²) >= 11 is 5.88. The van der Waals surface area contributed by atoms with Crippen molar-refractivity contribution < 1.29 is 4.74 Å². The Morgan fingerprint density at radius 2 is 2.13 bits per heavy atom. The zero-order chi connectivity index (χ0) is 10.7. The predicted octanol–water partition coefficient (Wildman–Crippen LogP) is 2.50. The number of nitriles is 1. The minimum absolute atomic E-state index is 0.307. The summed E-state index contributed by atoms with van der Waals surface area (Å²) in [4.78, 5) is 4.26. The van der Waals surface area contributed by atoms with E-state index in [4.69, 9.17) is 21.6 Å². The molecule has 0 bridgehead atoms. The van der Waals surface area contributed by atoms with E-state index in [1.54, 1.807) is 6.07 Å². The molecule has 0 N–H and O–H groups in total. The van der Waals surface area contributed by atoms with Crippen LogP contribution in [-0.2, 0) is 4.74 Å². The van der Waals surface area contributed by atoms with Crippen LogP contribution in [0.3, 0.4) is 0 Å². The van der Waals surface area contributed by atoms with Gasteiger partial charge in [-0.25, -0.2) is 4.98 Å². The van der Waals surface area contributed by atoms with Crippen LogP contribution in [0.25, 0.3) is 0 Å². The summed E-state index contributed by atoms with van der Waals surface area (Å²) in [6.07, 6.45) is 1.96. The average molecular weight is 223 g/mol. The van der Waals surface area contributed by atoms with E-state index in [0.29, 0.717) is 16.6 Å². The lowest BCUT2D eigenvalue weighted by atomic mass is 9.96. The lowest BCUT2D eigenvalue weighted by Crippen LogP contribution is -2.15. The molecule has 0 radical (unpaired) electrons. The van der Waals surface area contributed by atoms with Crippen LogP contribution in [0.5, 0.6) is 0 Å². The molecule has 1 fully saturated rings. The first-order chi connectivity index (χ1) is 7.31. The van der Waals surface area contributed by atoms with E-state index in [-0.39, 0.29) is 0 Å². The van der Waals surface area contributed by atoms with Crippen molar-refractivity contribution in [3.63, 3.8) is 0 Å². The van der Waals surface area contributed by atoms with Gasteiger partial charge < -0.3 is 4.74 Å². The fourth-order valence-corrected chi connectivity index (χ4v) is 1.96. The van der Waals surface area contributed by atoms with Crippen LogP contribution >= 0.6 is 11.6 Å². The molecule has 1 aliphatic rings. The number of ether oxygens (including phenoxy) is 1. The molecule has 0 aliphatic carbocycles. The molecule has 4 heteroatoms. The molecule has 0 spiro atoms. The minimum Gasteiger partial charge on any atom is -0.381 e. The summed E-state index contributed by atoms with van der Waals surface area (Å²) in [6.45, 7) is 1.56. The first-order valence-corrected chi connectivity index (χ1v) is 5.33. The smallest absolute Gasteiger partial charge is 0.147 e. The van der Waals surface area contributed by atoms with E-state index in [1.165, 1.54) is 0 Å². The van der Waals surface area contributed by atoms with Gasteiger partial charge in [0.05, 0.1) is 5.56 Å². The van der Waals surface area contributed by atoms with Gasteiger partial charge in [0.25, 0.3) is 0 Å². The van der Waals surface area contributed by atoms with Crippen LogP contribution in [0.15, 0.2) is 12.1 Å². The Morgan fingerprint density at radius 1 is 1.40 bits per heavy atom. The molecule has 1 aliphatic heterocycles. The largest absolute Gasteiger partial charge is 0.381 e. The number of rotatable bonds is 1. The van der Waals surface area contributed by atoms with Gasteiger partial charge in [0.1, 0.15) is 11.2 Å². The first-order valence-electron chi connectivity index (χ1n) is 4.95. The molecule has 1 saturated heterocycles. The molecule has 1 aromatic heterocycles.